The Morgan fingerprint density at radius 3 is 2.52 bits per heavy atom. The van der Waals surface area contributed by atoms with E-state index < -0.39 is 12.1 Å². The van der Waals surface area contributed by atoms with Gasteiger partial charge < -0.3 is 35.4 Å². The Hall–Kier alpha value is -1.06. The summed E-state index contributed by atoms with van der Waals surface area (Å²) < 4.78 is 0. The molecule has 8 heteroatoms. The number of hydrogen-bond acceptors (Lipinski definition) is 7. The van der Waals surface area contributed by atoms with E-state index in [4.69, 9.17) is 0 Å². The molecule has 2 aliphatic heterocycles. The quantitative estimate of drug-likeness (QED) is 0.231. The maximum absolute atomic E-state index is 10.4. The first-order valence-corrected chi connectivity index (χ1v) is 11.2. The molecule has 2 heterocycles. The topological polar surface area (TPSA) is 130 Å². The summed E-state index contributed by atoms with van der Waals surface area (Å²) in [7, 11) is 0. The first-order valence-electron chi connectivity index (χ1n) is 11.2. The number of carboxylic acids is 1. The van der Waals surface area contributed by atoms with Gasteiger partial charge in [-0.15, -0.1) is 0 Å². The molecule has 0 aromatic rings. The van der Waals surface area contributed by atoms with Crippen LogP contribution in [-0.4, -0.2) is 77.2 Å². The third-order valence-electron chi connectivity index (χ3n) is 6.37. The molecule has 168 valence electrons. The van der Waals surface area contributed by atoms with E-state index >= 15 is 0 Å². The summed E-state index contributed by atoms with van der Waals surface area (Å²) in [4.78, 5) is 16.1. The molecule has 1 fully saturated rings. The summed E-state index contributed by atoms with van der Waals surface area (Å²) in [5, 5.41) is 44.1. The fraction of sp³-hybridized carbons (Fsp3) is 0.905. The number of aliphatic hydroxyl groups excluding tert-OH is 3. The number of carbonyl (C=O) groups is 1. The number of unbranched alkanes of at least 4 members (excludes halogenated alkanes) is 3. The molecular weight excluding hydrogens is 374 g/mol. The minimum atomic E-state index is -1.21. The summed E-state index contributed by atoms with van der Waals surface area (Å²) in [5.74, 6) is -1.21. The molecular formula is C21H39N3O5. The van der Waals surface area contributed by atoms with Crippen LogP contribution in [0, 0.1) is 0 Å². The molecule has 8 nitrogen and oxygen atoms in total. The van der Waals surface area contributed by atoms with Crippen LogP contribution >= 0.6 is 0 Å². The van der Waals surface area contributed by atoms with Gasteiger partial charge in [-0.25, -0.2) is 4.99 Å². The number of carboxylic acid groups (broad SMARTS) is 1. The zero-order valence-corrected chi connectivity index (χ0v) is 17.6. The molecule has 1 saturated heterocycles. The smallest absolute Gasteiger partial charge is 0.171 e. The van der Waals surface area contributed by atoms with Gasteiger partial charge in [0.1, 0.15) is 12.6 Å². The van der Waals surface area contributed by atoms with Gasteiger partial charge >= 0.3 is 0 Å². The lowest BCUT2D eigenvalue weighted by atomic mass is 9.87. The van der Waals surface area contributed by atoms with Crippen LogP contribution < -0.4 is 15.3 Å². The van der Waals surface area contributed by atoms with Crippen LogP contribution in [0.2, 0.25) is 0 Å². The maximum atomic E-state index is 10.4. The van der Waals surface area contributed by atoms with Gasteiger partial charge in [0.05, 0.1) is 30.6 Å². The number of aliphatic imine (C=N–C) groups is 1. The van der Waals surface area contributed by atoms with Crippen LogP contribution in [0.4, 0.5) is 0 Å². The summed E-state index contributed by atoms with van der Waals surface area (Å²) in [6.45, 7) is 3.69. The van der Waals surface area contributed by atoms with Crippen molar-refractivity contribution in [2.45, 2.75) is 108 Å². The van der Waals surface area contributed by atoms with Gasteiger partial charge in [-0.3, -0.25) is 0 Å². The Balaban J connectivity index is 1.60. The second-order valence-corrected chi connectivity index (χ2v) is 8.81. The first-order chi connectivity index (χ1) is 13.9. The van der Waals surface area contributed by atoms with Crippen molar-refractivity contribution in [3.63, 3.8) is 0 Å². The van der Waals surface area contributed by atoms with Crippen molar-refractivity contribution in [2.24, 2.45) is 4.99 Å². The Labute approximate surface area is 174 Å². The summed E-state index contributed by atoms with van der Waals surface area (Å²) in [6.07, 6.45) is 7.47. The molecule has 7 atom stereocenters. The fourth-order valence-corrected chi connectivity index (χ4v) is 4.55. The Kier molecular flexibility index (Phi) is 10.5. The number of hydrogen-bond donors (Lipinski definition) is 5. The summed E-state index contributed by atoms with van der Waals surface area (Å²) in [5.41, 5.74) is 0. The largest absolute Gasteiger partial charge is 0.550 e. The van der Waals surface area contributed by atoms with Crippen LogP contribution in [0.25, 0.3) is 0 Å². The molecule has 0 amide bonds. The number of aliphatic hydroxyl groups is 3. The molecule has 0 aromatic carbocycles. The maximum Gasteiger partial charge on any atom is 0.171 e. The van der Waals surface area contributed by atoms with Crippen molar-refractivity contribution in [1.82, 2.24) is 5.32 Å². The highest BCUT2D eigenvalue weighted by Gasteiger charge is 2.40. The molecule has 0 radical (unpaired) electrons. The van der Waals surface area contributed by atoms with E-state index in [0.717, 1.165) is 64.6 Å². The number of nitrogens with zero attached hydrogens (tertiary/aromatic N) is 1. The molecule has 0 aliphatic carbocycles. The highest BCUT2D eigenvalue weighted by Crippen LogP contribution is 2.19. The van der Waals surface area contributed by atoms with Crippen LogP contribution in [0.1, 0.15) is 71.1 Å². The minimum Gasteiger partial charge on any atom is -0.550 e. The molecule has 0 aromatic heterocycles. The van der Waals surface area contributed by atoms with Crippen molar-refractivity contribution < 1.29 is 30.1 Å². The summed E-state index contributed by atoms with van der Waals surface area (Å²) in [6, 6.07) is 0.678. The van der Waals surface area contributed by atoms with E-state index in [1.54, 1.807) is 0 Å². The van der Waals surface area contributed by atoms with Gasteiger partial charge in [-0.2, -0.15) is 0 Å². The third kappa shape index (κ3) is 8.68. The van der Waals surface area contributed by atoms with Crippen LogP contribution in [0.15, 0.2) is 4.99 Å². The van der Waals surface area contributed by atoms with Crippen molar-refractivity contribution in [1.29, 1.82) is 0 Å². The molecule has 29 heavy (non-hydrogen) atoms. The van der Waals surface area contributed by atoms with Gasteiger partial charge in [0, 0.05) is 24.9 Å². The third-order valence-corrected chi connectivity index (χ3v) is 6.37. The molecule has 0 spiro atoms. The van der Waals surface area contributed by atoms with Crippen molar-refractivity contribution in [3.05, 3.63) is 0 Å². The van der Waals surface area contributed by atoms with E-state index in [-0.39, 0.29) is 30.7 Å². The predicted octanol–water partition coefficient (Wildman–Crippen LogP) is -1.62. The average molecular weight is 414 g/mol. The second kappa shape index (κ2) is 12.6. The fourth-order valence-electron chi connectivity index (χ4n) is 4.55. The highest BCUT2D eigenvalue weighted by molar-refractivity contribution is 5.64. The highest BCUT2D eigenvalue weighted by atomic mass is 16.4. The minimum absolute atomic E-state index is 0.0728. The normalized spacial score (nSPS) is 31.7. The number of rotatable bonds is 13. The van der Waals surface area contributed by atoms with Crippen LogP contribution in [0.5, 0.6) is 0 Å². The lowest BCUT2D eigenvalue weighted by Crippen LogP contribution is -3.16. The average Bonchev–Trinajstić information content (AvgIpc) is 3.19. The zero-order chi connectivity index (χ0) is 21.2. The Morgan fingerprint density at radius 2 is 1.90 bits per heavy atom. The van der Waals surface area contributed by atoms with Crippen LogP contribution in [0.3, 0.4) is 0 Å². The van der Waals surface area contributed by atoms with E-state index in [0.29, 0.717) is 12.5 Å². The number of aliphatic carboxylic acids is 1. The molecule has 0 saturated carbocycles. The predicted molar refractivity (Wildman–Crippen MR) is 109 cm³/mol. The number of quaternary nitrogens is 1. The molecule has 5 N–H and O–H groups in total. The number of nitrogens with one attached hydrogen (secondary N) is 2. The van der Waals surface area contributed by atoms with Crippen LogP contribution in [-0.2, 0) is 4.79 Å². The van der Waals surface area contributed by atoms with E-state index in [2.05, 4.69) is 10.3 Å². The second-order valence-electron chi connectivity index (χ2n) is 8.81. The molecule has 0 bridgehead atoms. The first kappa shape index (κ1) is 24.2. The Bertz CT molecular complexity index is 511. The van der Waals surface area contributed by atoms with Crippen molar-refractivity contribution in [3.8, 4) is 0 Å². The zero-order valence-electron chi connectivity index (χ0n) is 17.6. The molecule has 2 aliphatic rings. The molecule has 2 rings (SSSR count). The van der Waals surface area contributed by atoms with Gasteiger partial charge in [-0.05, 0) is 32.6 Å². The van der Waals surface area contributed by atoms with Gasteiger partial charge in [0.15, 0.2) is 6.67 Å². The van der Waals surface area contributed by atoms with E-state index in [9.17, 15) is 25.2 Å². The van der Waals surface area contributed by atoms with Crippen molar-refractivity contribution in [2.75, 3.05) is 13.2 Å². The lowest BCUT2D eigenvalue weighted by Gasteiger charge is -2.41. The lowest BCUT2D eigenvalue weighted by molar-refractivity contribution is -0.914. The van der Waals surface area contributed by atoms with Gasteiger partial charge in [-0.1, -0.05) is 25.7 Å². The van der Waals surface area contributed by atoms with Gasteiger partial charge in [0.2, 0.25) is 0 Å². The molecule has 7 unspecified atom stereocenters. The van der Waals surface area contributed by atoms with Gasteiger partial charge in [0.25, 0.3) is 0 Å². The van der Waals surface area contributed by atoms with Crippen molar-refractivity contribution >= 4 is 12.2 Å². The SMILES string of the molecule is CC1NC(CCC(O)CCCCCCC(O)CC(=O)[O-])C([NH+]2CC=NC2)CC1O. The monoisotopic (exact) mass is 413 g/mol. The number of piperidine rings is 1. The van der Waals surface area contributed by atoms with E-state index in [1.807, 2.05) is 13.1 Å². The summed E-state index contributed by atoms with van der Waals surface area (Å²) >= 11 is 0. The number of carbonyl (C=O) groups excluding carboxylic acids is 1. The van der Waals surface area contributed by atoms with E-state index in [1.165, 1.54) is 4.90 Å². The standard InChI is InChI=1S/C21H39N3O5/c1-15-20(27)13-19(24-11-10-22-14-24)18(23-15)9-8-16(25)6-4-2-3-5-7-17(26)12-21(28)29/h10,15-20,23,25-27H,2-9,11-14H2,1H3,(H,28,29). The Morgan fingerprint density at radius 1 is 1.21 bits per heavy atom.